The number of piperidine rings is 1. The summed E-state index contributed by atoms with van der Waals surface area (Å²) in [6, 6.07) is 0. The van der Waals surface area contributed by atoms with Crippen LogP contribution in [0.2, 0.25) is 0 Å². The Bertz CT molecular complexity index is 547. The molecule has 0 aromatic rings. The van der Waals surface area contributed by atoms with Crippen LogP contribution in [0.5, 0.6) is 0 Å². The molecule has 1 N–H and O–H groups in total. The second-order valence-corrected chi connectivity index (χ2v) is 8.32. The molecule has 1 amide bonds. The van der Waals surface area contributed by atoms with Gasteiger partial charge in [0.25, 0.3) is 0 Å². The lowest BCUT2D eigenvalue weighted by Crippen LogP contribution is -2.46. The van der Waals surface area contributed by atoms with E-state index in [-0.39, 0.29) is 24.9 Å². The molecule has 0 radical (unpaired) electrons. The highest BCUT2D eigenvalue weighted by molar-refractivity contribution is 7.88. The highest BCUT2D eigenvalue weighted by Gasteiger charge is 2.44. The Kier molecular flexibility index (Phi) is 4.30. The van der Waals surface area contributed by atoms with Gasteiger partial charge in [-0.1, -0.05) is 0 Å². The first-order valence-corrected chi connectivity index (χ1v) is 8.96. The summed E-state index contributed by atoms with van der Waals surface area (Å²) in [4.78, 5) is 25.3. The Labute approximate surface area is 125 Å². The van der Waals surface area contributed by atoms with Gasteiger partial charge in [0.2, 0.25) is 15.9 Å². The third kappa shape index (κ3) is 3.37. The Hall–Kier alpha value is -1.15. The lowest BCUT2D eigenvalue weighted by Gasteiger charge is -2.32. The van der Waals surface area contributed by atoms with Gasteiger partial charge >= 0.3 is 5.97 Å². The van der Waals surface area contributed by atoms with Crippen molar-refractivity contribution in [2.24, 2.45) is 11.3 Å². The zero-order chi connectivity index (χ0) is 15.8. The summed E-state index contributed by atoms with van der Waals surface area (Å²) in [5.74, 6) is -1.36. The van der Waals surface area contributed by atoms with Gasteiger partial charge in [0, 0.05) is 26.2 Å². The number of sulfonamides is 1. The summed E-state index contributed by atoms with van der Waals surface area (Å²) < 4.78 is 24.5. The van der Waals surface area contributed by atoms with Crippen LogP contribution in [0.25, 0.3) is 0 Å². The summed E-state index contributed by atoms with van der Waals surface area (Å²) >= 11 is 0. The fourth-order valence-electron chi connectivity index (χ4n) is 3.03. The molecule has 2 fully saturated rings. The van der Waals surface area contributed by atoms with E-state index in [1.54, 1.807) is 11.8 Å². The van der Waals surface area contributed by atoms with Crippen LogP contribution < -0.4 is 0 Å². The van der Waals surface area contributed by atoms with E-state index in [9.17, 15) is 23.1 Å². The summed E-state index contributed by atoms with van der Waals surface area (Å²) in [6.07, 6.45) is 2.91. The fourth-order valence-corrected chi connectivity index (χ4v) is 3.94. The molecule has 0 saturated carbocycles. The van der Waals surface area contributed by atoms with E-state index < -0.39 is 21.4 Å². The first-order valence-electron chi connectivity index (χ1n) is 7.11. The molecule has 0 aliphatic carbocycles. The molecule has 2 aliphatic rings. The highest BCUT2D eigenvalue weighted by atomic mass is 32.2. The molecule has 7 nitrogen and oxygen atoms in total. The van der Waals surface area contributed by atoms with E-state index in [1.165, 1.54) is 4.31 Å². The molecule has 0 aromatic carbocycles. The standard InChI is InChI=1S/C13H22N2O5S/c1-13(12(17)18)5-7-14(9-13)11(16)10-4-3-6-15(8-10)21(2,19)20/h10H,3-9H2,1-2H3,(H,17,18)/t10-,13-/m1/s1. The number of carbonyl (C=O) groups excluding carboxylic acids is 1. The number of carboxylic acids is 1. The number of aliphatic carboxylic acids is 1. The summed E-state index contributed by atoms with van der Waals surface area (Å²) in [7, 11) is -3.28. The molecular weight excluding hydrogens is 296 g/mol. The zero-order valence-corrected chi connectivity index (χ0v) is 13.2. The van der Waals surface area contributed by atoms with Crippen molar-refractivity contribution >= 4 is 21.9 Å². The van der Waals surface area contributed by atoms with E-state index in [0.29, 0.717) is 32.4 Å². The molecule has 0 spiro atoms. The molecule has 2 rings (SSSR count). The minimum atomic E-state index is -3.28. The predicted molar refractivity (Wildman–Crippen MR) is 76.1 cm³/mol. The van der Waals surface area contributed by atoms with Crippen LogP contribution in [0.4, 0.5) is 0 Å². The second kappa shape index (κ2) is 5.57. The number of nitrogens with zero attached hydrogens (tertiary/aromatic N) is 2. The first kappa shape index (κ1) is 16.2. The van der Waals surface area contributed by atoms with Crippen molar-refractivity contribution in [2.45, 2.75) is 26.2 Å². The Morgan fingerprint density at radius 2 is 1.95 bits per heavy atom. The van der Waals surface area contributed by atoms with Gasteiger partial charge in [-0.25, -0.2) is 12.7 Å². The molecule has 0 aromatic heterocycles. The molecule has 0 bridgehead atoms. The van der Waals surface area contributed by atoms with Crippen LogP contribution in [0.15, 0.2) is 0 Å². The number of likely N-dealkylation sites (tertiary alicyclic amines) is 1. The maximum absolute atomic E-state index is 12.5. The van der Waals surface area contributed by atoms with Gasteiger partial charge in [0.05, 0.1) is 17.6 Å². The molecule has 21 heavy (non-hydrogen) atoms. The van der Waals surface area contributed by atoms with Gasteiger partial charge in [-0.15, -0.1) is 0 Å². The monoisotopic (exact) mass is 318 g/mol. The Morgan fingerprint density at radius 1 is 1.29 bits per heavy atom. The topological polar surface area (TPSA) is 95.0 Å². The van der Waals surface area contributed by atoms with Crippen molar-refractivity contribution in [3.05, 3.63) is 0 Å². The van der Waals surface area contributed by atoms with Gasteiger partial charge in [-0.2, -0.15) is 0 Å². The number of amides is 1. The Morgan fingerprint density at radius 3 is 2.48 bits per heavy atom. The molecule has 120 valence electrons. The lowest BCUT2D eigenvalue weighted by molar-refractivity contribution is -0.147. The number of hydrogen-bond acceptors (Lipinski definition) is 4. The molecular formula is C13H22N2O5S. The molecule has 2 saturated heterocycles. The van der Waals surface area contributed by atoms with Crippen LogP contribution in [0.3, 0.4) is 0 Å². The average Bonchev–Trinajstić information content (AvgIpc) is 2.81. The number of carbonyl (C=O) groups is 2. The number of hydrogen-bond donors (Lipinski definition) is 1. The van der Waals surface area contributed by atoms with Crippen molar-refractivity contribution in [1.82, 2.24) is 9.21 Å². The van der Waals surface area contributed by atoms with Gasteiger partial charge in [-0.05, 0) is 26.2 Å². The van der Waals surface area contributed by atoms with E-state index in [2.05, 4.69) is 0 Å². The smallest absolute Gasteiger partial charge is 0.311 e. The number of carboxylic acid groups (broad SMARTS) is 1. The van der Waals surface area contributed by atoms with Crippen LogP contribution in [-0.4, -0.2) is 67.0 Å². The van der Waals surface area contributed by atoms with Gasteiger partial charge in [0.1, 0.15) is 0 Å². The van der Waals surface area contributed by atoms with Crippen LogP contribution in [0, 0.1) is 11.3 Å². The van der Waals surface area contributed by atoms with Crippen molar-refractivity contribution in [3.8, 4) is 0 Å². The Balaban J connectivity index is 2.03. The van der Waals surface area contributed by atoms with E-state index >= 15 is 0 Å². The molecule has 2 heterocycles. The quantitative estimate of drug-likeness (QED) is 0.789. The van der Waals surface area contributed by atoms with E-state index in [1.807, 2.05) is 0 Å². The molecule has 0 unspecified atom stereocenters. The lowest BCUT2D eigenvalue weighted by atomic mass is 9.90. The summed E-state index contributed by atoms with van der Waals surface area (Å²) in [5.41, 5.74) is -0.888. The molecule has 2 aliphatic heterocycles. The third-order valence-corrected chi connectivity index (χ3v) is 5.77. The first-order chi connectivity index (χ1) is 9.63. The minimum Gasteiger partial charge on any atom is -0.481 e. The van der Waals surface area contributed by atoms with Crippen LogP contribution in [-0.2, 0) is 19.6 Å². The van der Waals surface area contributed by atoms with Crippen LogP contribution in [0.1, 0.15) is 26.2 Å². The van der Waals surface area contributed by atoms with Gasteiger partial charge in [0.15, 0.2) is 0 Å². The van der Waals surface area contributed by atoms with Crippen molar-refractivity contribution in [3.63, 3.8) is 0 Å². The predicted octanol–water partition coefficient (Wildman–Crippen LogP) is -0.0188. The van der Waals surface area contributed by atoms with Crippen molar-refractivity contribution in [1.29, 1.82) is 0 Å². The minimum absolute atomic E-state index is 0.117. The summed E-state index contributed by atoms with van der Waals surface area (Å²) in [5, 5.41) is 9.21. The summed E-state index contributed by atoms with van der Waals surface area (Å²) in [6.45, 7) is 2.94. The third-order valence-electron chi connectivity index (χ3n) is 4.50. The maximum Gasteiger partial charge on any atom is 0.311 e. The molecule has 8 heteroatoms. The second-order valence-electron chi connectivity index (χ2n) is 6.34. The SMILES string of the molecule is C[C@@]1(C(=O)O)CCN(C(=O)[C@@H]2CCCN(S(C)(=O)=O)C2)C1. The zero-order valence-electron chi connectivity index (χ0n) is 12.4. The average molecular weight is 318 g/mol. The van der Waals surface area contributed by atoms with E-state index in [0.717, 1.165) is 6.26 Å². The van der Waals surface area contributed by atoms with E-state index in [4.69, 9.17) is 0 Å². The van der Waals surface area contributed by atoms with Gasteiger partial charge < -0.3 is 10.0 Å². The normalized spacial score (nSPS) is 31.3. The highest BCUT2D eigenvalue weighted by Crippen LogP contribution is 2.32. The largest absolute Gasteiger partial charge is 0.481 e. The van der Waals surface area contributed by atoms with Crippen molar-refractivity contribution < 1.29 is 23.1 Å². The van der Waals surface area contributed by atoms with Gasteiger partial charge in [-0.3, -0.25) is 9.59 Å². The fraction of sp³-hybridized carbons (Fsp3) is 0.846. The number of rotatable bonds is 3. The maximum atomic E-state index is 12.5. The molecule has 2 atom stereocenters. The van der Waals surface area contributed by atoms with Crippen LogP contribution >= 0.6 is 0 Å². The van der Waals surface area contributed by atoms with Crippen molar-refractivity contribution in [2.75, 3.05) is 32.4 Å².